The Kier molecular flexibility index (Phi) is 4.66. The highest BCUT2D eigenvalue weighted by molar-refractivity contribution is 8.00. The molecule has 0 aliphatic carbocycles. The van der Waals surface area contributed by atoms with Crippen molar-refractivity contribution in [3.63, 3.8) is 0 Å². The van der Waals surface area contributed by atoms with Crippen LogP contribution in [0.2, 0.25) is 0 Å². The van der Waals surface area contributed by atoms with Crippen molar-refractivity contribution in [1.82, 2.24) is 4.90 Å². The minimum atomic E-state index is 0.0809. The standard InChI is InChI=1S/C14H20N2OS/c1-16(2)9-10-18-13-8-7-11-5-3-4-6-12(11)15-14(13)17/h3-6,13H,7-10H2,1-2H3,(H,15,17). The number of nitrogens with zero attached hydrogens (tertiary/aromatic N) is 1. The zero-order chi connectivity index (χ0) is 13.0. The molecule has 0 spiro atoms. The fourth-order valence-electron chi connectivity index (χ4n) is 2.03. The van der Waals surface area contributed by atoms with Crippen LogP contribution in [0.1, 0.15) is 12.0 Å². The summed E-state index contributed by atoms with van der Waals surface area (Å²) in [6.07, 6.45) is 1.91. The molecule has 1 atom stereocenters. The number of amides is 1. The molecule has 18 heavy (non-hydrogen) atoms. The van der Waals surface area contributed by atoms with Gasteiger partial charge in [-0.1, -0.05) is 18.2 Å². The maximum Gasteiger partial charge on any atom is 0.237 e. The molecule has 1 unspecified atom stereocenters. The molecule has 0 saturated carbocycles. The van der Waals surface area contributed by atoms with Gasteiger partial charge in [0.2, 0.25) is 5.91 Å². The third-order valence-corrected chi connectivity index (χ3v) is 4.37. The van der Waals surface area contributed by atoms with E-state index in [-0.39, 0.29) is 11.2 Å². The average molecular weight is 264 g/mol. The van der Waals surface area contributed by atoms with Crippen molar-refractivity contribution < 1.29 is 4.79 Å². The predicted molar refractivity (Wildman–Crippen MR) is 78.2 cm³/mol. The molecule has 1 aliphatic rings. The number of benzene rings is 1. The highest BCUT2D eigenvalue weighted by Crippen LogP contribution is 2.26. The molecule has 3 nitrogen and oxygen atoms in total. The summed E-state index contributed by atoms with van der Waals surface area (Å²) in [6.45, 7) is 1.02. The largest absolute Gasteiger partial charge is 0.325 e. The lowest BCUT2D eigenvalue weighted by Gasteiger charge is -2.14. The van der Waals surface area contributed by atoms with E-state index in [0.717, 1.165) is 30.8 Å². The number of para-hydroxylation sites is 1. The van der Waals surface area contributed by atoms with Crippen LogP contribution in [0.4, 0.5) is 5.69 Å². The van der Waals surface area contributed by atoms with E-state index in [1.54, 1.807) is 11.8 Å². The topological polar surface area (TPSA) is 32.3 Å². The summed E-state index contributed by atoms with van der Waals surface area (Å²) in [4.78, 5) is 14.3. The van der Waals surface area contributed by atoms with E-state index >= 15 is 0 Å². The van der Waals surface area contributed by atoms with Gasteiger partial charge in [-0.15, -0.1) is 11.8 Å². The Bertz CT molecular complexity index is 420. The Hall–Kier alpha value is -1.00. The van der Waals surface area contributed by atoms with Crippen LogP contribution in [-0.2, 0) is 11.2 Å². The number of thioether (sulfide) groups is 1. The zero-order valence-electron chi connectivity index (χ0n) is 11.0. The molecule has 1 aromatic carbocycles. The number of rotatable bonds is 4. The van der Waals surface area contributed by atoms with Gasteiger partial charge < -0.3 is 10.2 Å². The van der Waals surface area contributed by atoms with E-state index in [9.17, 15) is 4.79 Å². The van der Waals surface area contributed by atoms with Gasteiger partial charge in [0.15, 0.2) is 0 Å². The van der Waals surface area contributed by atoms with Crippen LogP contribution in [0.5, 0.6) is 0 Å². The van der Waals surface area contributed by atoms with Gasteiger partial charge in [0, 0.05) is 18.0 Å². The number of carbonyl (C=O) groups is 1. The number of aryl methyl sites for hydroxylation is 1. The van der Waals surface area contributed by atoms with E-state index in [4.69, 9.17) is 0 Å². The molecule has 0 radical (unpaired) electrons. The summed E-state index contributed by atoms with van der Waals surface area (Å²) in [5, 5.41) is 3.12. The van der Waals surface area contributed by atoms with Crippen LogP contribution < -0.4 is 5.32 Å². The third kappa shape index (κ3) is 3.50. The second-order valence-electron chi connectivity index (χ2n) is 4.85. The van der Waals surface area contributed by atoms with Crippen molar-refractivity contribution in [3.8, 4) is 0 Å². The highest BCUT2D eigenvalue weighted by Gasteiger charge is 2.23. The Morgan fingerprint density at radius 2 is 2.17 bits per heavy atom. The molecular formula is C14H20N2OS. The van der Waals surface area contributed by atoms with Gasteiger partial charge in [0.05, 0.1) is 5.25 Å². The SMILES string of the molecule is CN(C)CCSC1CCc2ccccc2NC1=O. The van der Waals surface area contributed by atoms with Crippen LogP contribution in [0.15, 0.2) is 24.3 Å². The van der Waals surface area contributed by atoms with Crippen molar-refractivity contribution in [2.24, 2.45) is 0 Å². The van der Waals surface area contributed by atoms with E-state index in [1.807, 2.05) is 18.2 Å². The van der Waals surface area contributed by atoms with E-state index in [1.165, 1.54) is 5.56 Å². The van der Waals surface area contributed by atoms with E-state index in [0.29, 0.717) is 0 Å². The summed E-state index contributed by atoms with van der Waals surface area (Å²) in [7, 11) is 4.12. The zero-order valence-corrected chi connectivity index (χ0v) is 11.8. The van der Waals surface area contributed by atoms with Crippen LogP contribution in [0.3, 0.4) is 0 Å². The number of nitrogens with one attached hydrogen (secondary N) is 1. The fraction of sp³-hybridized carbons (Fsp3) is 0.500. The van der Waals surface area contributed by atoms with E-state index in [2.05, 4.69) is 30.4 Å². The van der Waals surface area contributed by atoms with Crippen LogP contribution in [0.25, 0.3) is 0 Å². The van der Waals surface area contributed by atoms with Gasteiger partial charge >= 0.3 is 0 Å². The van der Waals surface area contributed by atoms with Crippen LogP contribution >= 0.6 is 11.8 Å². The molecule has 1 aliphatic heterocycles. The molecule has 4 heteroatoms. The average Bonchev–Trinajstić information content (AvgIpc) is 2.49. The molecule has 0 saturated heterocycles. The minimum Gasteiger partial charge on any atom is -0.325 e. The van der Waals surface area contributed by atoms with Gasteiger partial charge in [-0.3, -0.25) is 4.79 Å². The second kappa shape index (κ2) is 6.25. The smallest absolute Gasteiger partial charge is 0.237 e. The van der Waals surface area contributed by atoms with Crippen molar-refractivity contribution >= 4 is 23.4 Å². The molecule has 98 valence electrons. The monoisotopic (exact) mass is 264 g/mol. The second-order valence-corrected chi connectivity index (χ2v) is 6.16. The van der Waals surface area contributed by atoms with Crippen molar-refractivity contribution in [1.29, 1.82) is 0 Å². The Morgan fingerprint density at radius 3 is 2.94 bits per heavy atom. The van der Waals surface area contributed by atoms with Gasteiger partial charge in [0.25, 0.3) is 0 Å². The quantitative estimate of drug-likeness (QED) is 0.905. The molecule has 1 aromatic rings. The Labute approximate surface area is 113 Å². The van der Waals surface area contributed by atoms with Crippen molar-refractivity contribution in [3.05, 3.63) is 29.8 Å². The lowest BCUT2D eigenvalue weighted by atomic mass is 10.1. The van der Waals surface area contributed by atoms with Gasteiger partial charge in [0.1, 0.15) is 0 Å². The van der Waals surface area contributed by atoms with Crippen molar-refractivity contribution in [2.45, 2.75) is 18.1 Å². The number of hydrogen-bond acceptors (Lipinski definition) is 3. The third-order valence-electron chi connectivity index (χ3n) is 3.10. The molecule has 0 fully saturated rings. The summed E-state index contributed by atoms with van der Waals surface area (Å²) in [5.41, 5.74) is 2.24. The first-order chi connectivity index (χ1) is 8.66. The maximum absolute atomic E-state index is 12.1. The van der Waals surface area contributed by atoms with Crippen molar-refractivity contribution in [2.75, 3.05) is 31.7 Å². The predicted octanol–water partition coefficient (Wildman–Crippen LogP) is 2.23. The number of hydrogen-bond donors (Lipinski definition) is 1. The fourth-order valence-corrected chi connectivity index (χ4v) is 3.28. The molecule has 2 rings (SSSR count). The van der Waals surface area contributed by atoms with Gasteiger partial charge in [-0.25, -0.2) is 0 Å². The van der Waals surface area contributed by atoms with Gasteiger partial charge in [-0.05, 0) is 38.6 Å². The minimum absolute atomic E-state index is 0.0809. The number of anilines is 1. The van der Waals surface area contributed by atoms with Crippen LogP contribution in [0, 0.1) is 0 Å². The molecule has 1 amide bonds. The van der Waals surface area contributed by atoms with E-state index < -0.39 is 0 Å². The van der Waals surface area contributed by atoms with Gasteiger partial charge in [-0.2, -0.15) is 0 Å². The summed E-state index contributed by atoms with van der Waals surface area (Å²) in [5.74, 6) is 1.16. The normalized spacial score (nSPS) is 19.3. The molecule has 1 heterocycles. The first-order valence-electron chi connectivity index (χ1n) is 6.32. The highest BCUT2D eigenvalue weighted by atomic mass is 32.2. The lowest BCUT2D eigenvalue weighted by Crippen LogP contribution is -2.25. The molecule has 0 bridgehead atoms. The summed E-state index contributed by atoms with van der Waals surface area (Å²) < 4.78 is 0. The lowest BCUT2D eigenvalue weighted by molar-refractivity contribution is -0.115. The number of fused-ring (bicyclic) bond motifs is 1. The Morgan fingerprint density at radius 1 is 1.39 bits per heavy atom. The number of carbonyl (C=O) groups excluding carboxylic acids is 1. The molecule has 0 aromatic heterocycles. The molecular weight excluding hydrogens is 244 g/mol. The first-order valence-corrected chi connectivity index (χ1v) is 7.37. The molecule has 1 N–H and O–H groups in total. The summed E-state index contributed by atoms with van der Waals surface area (Å²) in [6, 6.07) is 8.09. The first kappa shape index (κ1) is 13.4. The Balaban J connectivity index is 1.95. The maximum atomic E-state index is 12.1. The summed E-state index contributed by atoms with van der Waals surface area (Å²) >= 11 is 1.76. The van der Waals surface area contributed by atoms with Crippen LogP contribution in [-0.4, -0.2) is 42.4 Å².